The number of carbonyl (C=O) groups excluding carboxylic acids is 1. The van der Waals surface area contributed by atoms with Crippen LogP contribution in [0.15, 0.2) is 28.8 Å². The van der Waals surface area contributed by atoms with E-state index in [1.807, 2.05) is 25.3 Å². The molecule has 4 atom stereocenters. The van der Waals surface area contributed by atoms with E-state index in [0.717, 1.165) is 42.7 Å². The molecule has 2 aromatic rings. The van der Waals surface area contributed by atoms with E-state index >= 15 is 0 Å². The molecule has 2 aliphatic rings. The highest BCUT2D eigenvalue weighted by molar-refractivity contribution is 7.97. The second kappa shape index (κ2) is 8.13. The lowest BCUT2D eigenvalue weighted by molar-refractivity contribution is 0.0452. The van der Waals surface area contributed by atoms with Crippen LogP contribution >= 0.6 is 11.8 Å². The van der Waals surface area contributed by atoms with Gasteiger partial charge in [0.25, 0.3) is 5.91 Å². The number of carbonyl (C=O) groups is 1. The van der Waals surface area contributed by atoms with Crippen LogP contribution in [0.4, 0.5) is 5.82 Å². The number of thioether (sulfide) groups is 1. The van der Waals surface area contributed by atoms with Crippen LogP contribution in [0.2, 0.25) is 0 Å². The number of aryl methyl sites for hydroxylation is 1. The second-order valence-corrected chi connectivity index (χ2v) is 8.57. The Morgan fingerprint density at radius 3 is 2.86 bits per heavy atom. The van der Waals surface area contributed by atoms with Gasteiger partial charge in [0.05, 0.1) is 17.9 Å². The summed E-state index contributed by atoms with van der Waals surface area (Å²) in [5.41, 5.74) is 0. The number of fused-ring (bicyclic) bond motifs is 1. The molecule has 2 N–H and O–H groups in total. The standard InChI is InChI=1S/C20H26N4O3S/c1-12-21-6-5-19(22-12)24-9-13-7-16(17(25)8-14(13)10-24)23-20(26)18-4-3-15(27-18)11-28-2/h3-6,13-14,16-17,25H,7-11H2,1-2H3,(H,23,26)/t13-,14+,16-,17-/m0/s1. The fraction of sp³-hybridized carbons (Fsp3) is 0.550. The lowest BCUT2D eigenvalue weighted by Gasteiger charge is -2.35. The van der Waals surface area contributed by atoms with Crippen molar-refractivity contribution in [3.63, 3.8) is 0 Å². The van der Waals surface area contributed by atoms with Crippen molar-refractivity contribution in [2.24, 2.45) is 11.8 Å². The van der Waals surface area contributed by atoms with Gasteiger partial charge in [-0.25, -0.2) is 9.97 Å². The molecule has 28 heavy (non-hydrogen) atoms. The molecule has 8 heteroatoms. The average molecular weight is 403 g/mol. The summed E-state index contributed by atoms with van der Waals surface area (Å²) in [5, 5.41) is 13.6. The van der Waals surface area contributed by atoms with Crippen LogP contribution in [0.5, 0.6) is 0 Å². The number of aliphatic hydroxyl groups is 1. The SMILES string of the molecule is CSCc1ccc(C(=O)N[C@H]2C[C@H]3CN(c4ccnc(C)n4)C[C@H]3C[C@@H]2O)o1. The Labute approximate surface area is 168 Å². The summed E-state index contributed by atoms with van der Waals surface area (Å²) in [6.45, 7) is 3.66. The molecule has 150 valence electrons. The van der Waals surface area contributed by atoms with Crippen LogP contribution in [0.25, 0.3) is 0 Å². The van der Waals surface area contributed by atoms with Gasteiger partial charge in [0.1, 0.15) is 17.4 Å². The van der Waals surface area contributed by atoms with E-state index < -0.39 is 6.10 Å². The van der Waals surface area contributed by atoms with E-state index in [2.05, 4.69) is 20.2 Å². The van der Waals surface area contributed by atoms with Gasteiger partial charge < -0.3 is 19.7 Å². The third kappa shape index (κ3) is 4.03. The average Bonchev–Trinajstić information content (AvgIpc) is 3.29. The van der Waals surface area contributed by atoms with E-state index in [0.29, 0.717) is 24.0 Å². The summed E-state index contributed by atoms with van der Waals surface area (Å²) in [6, 6.07) is 5.21. The highest BCUT2D eigenvalue weighted by Crippen LogP contribution is 2.38. The second-order valence-electron chi connectivity index (χ2n) is 7.70. The molecule has 1 aliphatic heterocycles. The minimum absolute atomic E-state index is 0.254. The topological polar surface area (TPSA) is 91.5 Å². The predicted octanol–water partition coefficient (Wildman–Crippen LogP) is 2.25. The van der Waals surface area contributed by atoms with Crippen molar-refractivity contribution in [2.45, 2.75) is 37.7 Å². The van der Waals surface area contributed by atoms with Gasteiger partial charge in [0.2, 0.25) is 0 Å². The molecular formula is C20H26N4O3S. The third-order valence-electron chi connectivity index (χ3n) is 5.72. The van der Waals surface area contributed by atoms with Crippen molar-refractivity contribution < 1.29 is 14.3 Å². The molecule has 0 radical (unpaired) electrons. The van der Waals surface area contributed by atoms with E-state index in [9.17, 15) is 9.90 Å². The van der Waals surface area contributed by atoms with Gasteiger partial charge in [-0.1, -0.05) is 0 Å². The Morgan fingerprint density at radius 1 is 1.32 bits per heavy atom. The number of rotatable bonds is 5. The summed E-state index contributed by atoms with van der Waals surface area (Å²) < 4.78 is 5.60. The number of amides is 1. The Hall–Kier alpha value is -2.06. The van der Waals surface area contributed by atoms with Crippen molar-refractivity contribution in [2.75, 3.05) is 24.2 Å². The van der Waals surface area contributed by atoms with Crippen LogP contribution < -0.4 is 10.2 Å². The Morgan fingerprint density at radius 2 is 2.11 bits per heavy atom. The minimum atomic E-state index is -0.544. The van der Waals surface area contributed by atoms with E-state index in [4.69, 9.17) is 4.42 Å². The van der Waals surface area contributed by atoms with Gasteiger partial charge in [0.15, 0.2) is 5.76 Å². The molecule has 1 saturated heterocycles. The monoisotopic (exact) mass is 402 g/mol. The molecule has 0 bridgehead atoms. The maximum Gasteiger partial charge on any atom is 0.287 e. The number of anilines is 1. The zero-order chi connectivity index (χ0) is 19.7. The number of aromatic nitrogens is 2. The number of nitrogens with one attached hydrogen (secondary N) is 1. The molecule has 0 aromatic carbocycles. The van der Waals surface area contributed by atoms with Gasteiger partial charge in [0, 0.05) is 19.3 Å². The first kappa shape index (κ1) is 19.3. The van der Waals surface area contributed by atoms with Crippen LogP contribution in [0.1, 0.15) is 35.0 Å². The van der Waals surface area contributed by atoms with Gasteiger partial charge in [-0.2, -0.15) is 11.8 Å². The summed E-state index contributed by atoms with van der Waals surface area (Å²) in [7, 11) is 0. The maximum absolute atomic E-state index is 12.5. The Bertz CT molecular complexity index is 842. The van der Waals surface area contributed by atoms with E-state index in [1.165, 1.54) is 0 Å². The van der Waals surface area contributed by atoms with Crippen molar-refractivity contribution in [1.29, 1.82) is 0 Å². The minimum Gasteiger partial charge on any atom is -0.455 e. The fourth-order valence-electron chi connectivity index (χ4n) is 4.35. The zero-order valence-corrected chi connectivity index (χ0v) is 17.0. The van der Waals surface area contributed by atoms with Crippen LogP contribution in [-0.2, 0) is 5.75 Å². The third-order valence-corrected chi connectivity index (χ3v) is 6.29. The van der Waals surface area contributed by atoms with Crippen LogP contribution in [0, 0.1) is 18.8 Å². The molecule has 4 rings (SSSR count). The van der Waals surface area contributed by atoms with Gasteiger partial charge >= 0.3 is 0 Å². The number of hydrogen-bond acceptors (Lipinski definition) is 7. The zero-order valence-electron chi connectivity index (χ0n) is 16.2. The lowest BCUT2D eigenvalue weighted by atomic mass is 9.77. The van der Waals surface area contributed by atoms with Crippen LogP contribution in [-0.4, -0.2) is 52.5 Å². The van der Waals surface area contributed by atoms with Gasteiger partial charge in [-0.15, -0.1) is 0 Å². The maximum atomic E-state index is 12.5. The first-order chi connectivity index (χ1) is 13.5. The van der Waals surface area contributed by atoms with E-state index in [-0.39, 0.29) is 11.9 Å². The molecule has 2 fully saturated rings. The highest BCUT2D eigenvalue weighted by atomic mass is 32.2. The van der Waals surface area contributed by atoms with E-state index in [1.54, 1.807) is 24.0 Å². The number of aliphatic hydroxyl groups excluding tert-OH is 1. The smallest absolute Gasteiger partial charge is 0.287 e. The van der Waals surface area contributed by atoms with Crippen molar-refractivity contribution >= 4 is 23.5 Å². The molecule has 7 nitrogen and oxygen atoms in total. The van der Waals surface area contributed by atoms with Gasteiger partial charge in [-0.05, 0) is 56.1 Å². The first-order valence-corrected chi connectivity index (χ1v) is 11.0. The van der Waals surface area contributed by atoms with Crippen molar-refractivity contribution in [3.05, 3.63) is 41.7 Å². The van der Waals surface area contributed by atoms with Crippen molar-refractivity contribution in [1.82, 2.24) is 15.3 Å². The Balaban J connectivity index is 1.39. The molecule has 3 heterocycles. The molecule has 2 aromatic heterocycles. The quantitative estimate of drug-likeness (QED) is 0.792. The summed E-state index contributed by atoms with van der Waals surface area (Å²) in [6.07, 6.45) is 4.68. The summed E-state index contributed by atoms with van der Waals surface area (Å²) in [5.74, 6) is 4.11. The molecule has 0 spiro atoms. The van der Waals surface area contributed by atoms with Crippen molar-refractivity contribution in [3.8, 4) is 0 Å². The largest absolute Gasteiger partial charge is 0.455 e. The summed E-state index contributed by atoms with van der Waals surface area (Å²) in [4.78, 5) is 23.5. The Kier molecular flexibility index (Phi) is 5.59. The number of nitrogens with zero attached hydrogens (tertiary/aromatic N) is 3. The van der Waals surface area contributed by atoms with Gasteiger partial charge in [-0.3, -0.25) is 4.79 Å². The summed E-state index contributed by atoms with van der Waals surface area (Å²) >= 11 is 1.65. The lowest BCUT2D eigenvalue weighted by Crippen LogP contribution is -2.49. The highest BCUT2D eigenvalue weighted by Gasteiger charge is 2.42. The first-order valence-electron chi connectivity index (χ1n) is 9.64. The predicted molar refractivity (Wildman–Crippen MR) is 108 cm³/mol. The number of hydrogen-bond donors (Lipinski definition) is 2. The molecule has 0 unspecified atom stereocenters. The molecule has 1 saturated carbocycles. The number of furan rings is 1. The fourth-order valence-corrected chi connectivity index (χ4v) is 4.79. The van der Waals surface area contributed by atoms with Crippen LogP contribution in [0.3, 0.4) is 0 Å². The molecular weight excluding hydrogens is 376 g/mol. The molecule has 1 amide bonds. The normalized spacial score (nSPS) is 26.9. The molecule has 1 aliphatic carbocycles.